The minimum Gasteiger partial charge on any atom is -0.313 e. The third-order valence-electron chi connectivity index (χ3n) is 2.89. The molecule has 0 atom stereocenters. The Labute approximate surface area is 128 Å². The molecular formula is C13H18ClFN4S. The van der Waals surface area contributed by atoms with Gasteiger partial charge < -0.3 is 9.88 Å². The number of hydrogen-bond acceptors (Lipinski definition) is 4. The number of thioether (sulfide) groups is 1. The highest BCUT2D eigenvalue weighted by atomic mass is 35.5. The predicted octanol–water partition coefficient (Wildman–Crippen LogP) is 2.70. The summed E-state index contributed by atoms with van der Waals surface area (Å²) in [6.45, 7) is 2.44. The van der Waals surface area contributed by atoms with Crippen LogP contribution in [0.5, 0.6) is 0 Å². The summed E-state index contributed by atoms with van der Waals surface area (Å²) >= 11 is 1.49. The Hall–Kier alpha value is -1.11. The Morgan fingerprint density at radius 3 is 2.80 bits per heavy atom. The van der Waals surface area contributed by atoms with E-state index in [9.17, 15) is 4.39 Å². The normalized spacial score (nSPS) is 10.4. The topological polar surface area (TPSA) is 42.7 Å². The van der Waals surface area contributed by atoms with Crippen molar-refractivity contribution in [1.29, 1.82) is 0 Å². The Morgan fingerprint density at radius 2 is 2.10 bits per heavy atom. The first-order valence-corrected chi connectivity index (χ1v) is 7.01. The Bertz CT molecular complexity index is 573. The van der Waals surface area contributed by atoms with Gasteiger partial charge in [-0.2, -0.15) is 0 Å². The van der Waals surface area contributed by atoms with Crippen molar-refractivity contribution >= 4 is 24.2 Å². The number of aromatic nitrogens is 3. The van der Waals surface area contributed by atoms with Gasteiger partial charge in [-0.3, -0.25) is 0 Å². The van der Waals surface area contributed by atoms with Crippen molar-refractivity contribution in [2.45, 2.75) is 24.4 Å². The first-order valence-electron chi connectivity index (χ1n) is 6.03. The Balaban J connectivity index is 0.00000200. The average molecular weight is 317 g/mol. The number of benzene rings is 1. The zero-order chi connectivity index (χ0) is 13.8. The molecule has 0 saturated heterocycles. The lowest BCUT2D eigenvalue weighted by atomic mass is 10.1. The maximum absolute atomic E-state index is 13.9. The van der Waals surface area contributed by atoms with Gasteiger partial charge in [-0.05, 0) is 25.1 Å². The van der Waals surface area contributed by atoms with Gasteiger partial charge in [0.05, 0.1) is 6.54 Å². The molecule has 2 rings (SSSR count). The second kappa shape index (κ2) is 7.61. The number of aryl methyl sites for hydroxylation is 1. The van der Waals surface area contributed by atoms with E-state index in [0.717, 1.165) is 11.0 Å². The first-order chi connectivity index (χ1) is 9.13. The van der Waals surface area contributed by atoms with Crippen LogP contribution in [0.25, 0.3) is 0 Å². The fraction of sp³-hybridized carbons (Fsp3) is 0.385. The van der Waals surface area contributed by atoms with Crippen LogP contribution in [0.15, 0.2) is 23.4 Å². The number of rotatable bonds is 5. The molecule has 7 heteroatoms. The van der Waals surface area contributed by atoms with Gasteiger partial charge in [0.25, 0.3) is 0 Å². The van der Waals surface area contributed by atoms with E-state index >= 15 is 0 Å². The second-order valence-electron chi connectivity index (χ2n) is 4.32. The number of hydrogen-bond donors (Lipinski definition) is 1. The average Bonchev–Trinajstić information content (AvgIpc) is 2.74. The van der Waals surface area contributed by atoms with E-state index < -0.39 is 0 Å². The van der Waals surface area contributed by atoms with Crippen LogP contribution in [-0.4, -0.2) is 21.8 Å². The molecule has 1 aromatic carbocycles. The van der Waals surface area contributed by atoms with Crippen LogP contribution >= 0.6 is 24.2 Å². The van der Waals surface area contributed by atoms with Crippen LogP contribution in [-0.2, 0) is 19.3 Å². The van der Waals surface area contributed by atoms with Crippen LogP contribution in [0, 0.1) is 12.7 Å². The molecule has 0 aliphatic heterocycles. The van der Waals surface area contributed by atoms with Crippen molar-refractivity contribution in [2.24, 2.45) is 7.05 Å². The van der Waals surface area contributed by atoms with Crippen molar-refractivity contribution in [3.63, 3.8) is 0 Å². The van der Waals surface area contributed by atoms with Crippen LogP contribution in [0.4, 0.5) is 4.39 Å². The van der Waals surface area contributed by atoms with Crippen LogP contribution in [0.2, 0.25) is 0 Å². The molecule has 2 aromatic rings. The molecule has 0 spiro atoms. The molecule has 0 amide bonds. The van der Waals surface area contributed by atoms with E-state index in [4.69, 9.17) is 0 Å². The molecule has 1 N–H and O–H groups in total. The Morgan fingerprint density at radius 1 is 1.35 bits per heavy atom. The molecule has 0 fully saturated rings. The molecule has 0 aliphatic carbocycles. The summed E-state index contributed by atoms with van der Waals surface area (Å²) in [6.07, 6.45) is 0. The standard InChI is InChI=1S/C13H17FN4S.ClH/c1-9-5-4-6-10(12(9)14)8-19-13-17-16-11(7-15-2)18(13)3;/h4-6,15H,7-8H2,1-3H3;1H. The molecular weight excluding hydrogens is 299 g/mol. The summed E-state index contributed by atoms with van der Waals surface area (Å²) in [7, 11) is 3.78. The van der Waals surface area contributed by atoms with Crippen LogP contribution in [0.3, 0.4) is 0 Å². The minimum absolute atomic E-state index is 0. The molecule has 1 aromatic heterocycles. The van der Waals surface area contributed by atoms with E-state index in [1.165, 1.54) is 11.8 Å². The fourth-order valence-corrected chi connectivity index (χ4v) is 2.65. The second-order valence-corrected chi connectivity index (χ2v) is 5.27. The molecule has 0 bridgehead atoms. The largest absolute Gasteiger partial charge is 0.313 e. The molecule has 0 aliphatic rings. The summed E-state index contributed by atoms with van der Waals surface area (Å²) in [5, 5.41) is 12.0. The maximum atomic E-state index is 13.9. The van der Waals surface area contributed by atoms with Gasteiger partial charge in [0, 0.05) is 12.8 Å². The summed E-state index contributed by atoms with van der Waals surface area (Å²) in [5.74, 6) is 1.29. The highest BCUT2D eigenvalue weighted by Crippen LogP contribution is 2.23. The molecule has 4 nitrogen and oxygen atoms in total. The van der Waals surface area contributed by atoms with Gasteiger partial charge in [0.15, 0.2) is 5.16 Å². The summed E-state index contributed by atoms with van der Waals surface area (Å²) in [5.41, 5.74) is 1.37. The van der Waals surface area contributed by atoms with Crippen LogP contribution < -0.4 is 5.32 Å². The van der Waals surface area contributed by atoms with E-state index in [1.54, 1.807) is 19.1 Å². The third-order valence-corrected chi connectivity index (χ3v) is 3.96. The van der Waals surface area contributed by atoms with Crippen LogP contribution in [0.1, 0.15) is 17.0 Å². The van der Waals surface area contributed by atoms with Gasteiger partial charge in [-0.25, -0.2) is 4.39 Å². The SMILES string of the molecule is CNCc1nnc(SCc2cccc(C)c2F)n1C.Cl. The molecule has 110 valence electrons. The summed E-state index contributed by atoms with van der Waals surface area (Å²) in [6, 6.07) is 5.45. The van der Waals surface area contributed by atoms with Gasteiger partial charge in [0.2, 0.25) is 0 Å². The zero-order valence-corrected chi connectivity index (χ0v) is 13.3. The zero-order valence-electron chi connectivity index (χ0n) is 11.7. The highest BCUT2D eigenvalue weighted by Gasteiger charge is 2.10. The van der Waals surface area contributed by atoms with Crippen molar-refractivity contribution < 1.29 is 4.39 Å². The third kappa shape index (κ3) is 3.71. The fourth-order valence-electron chi connectivity index (χ4n) is 1.74. The van der Waals surface area contributed by atoms with Gasteiger partial charge in [0.1, 0.15) is 11.6 Å². The lowest BCUT2D eigenvalue weighted by Gasteiger charge is -2.05. The number of nitrogens with zero attached hydrogens (tertiary/aromatic N) is 3. The van der Waals surface area contributed by atoms with Gasteiger partial charge in [-0.1, -0.05) is 30.0 Å². The molecule has 0 unspecified atom stereocenters. The van der Waals surface area contributed by atoms with E-state index in [1.807, 2.05) is 24.7 Å². The first kappa shape index (κ1) is 16.9. The molecule has 20 heavy (non-hydrogen) atoms. The monoisotopic (exact) mass is 316 g/mol. The van der Waals surface area contributed by atoms with Gasteiger partial charge in [-0.15, -0.1) is 22.6 Å². The number of nitrogens with one attached hydrogen (secondary N) is 1. The minimum atomic E-state index is -0.132. The van der Waals surface area contributed by atoms with Crippen molar-refractivity contribution in [3.05, 3.63) is 41.0 Å². The predicted molar refractivity (Wildman–Crippen MR) is 81.7 cm³/mol. The molecule has 1 heterocycles. The van der Waals surface area contributed by atoms with Crippen molar-refractivity contribution in [2.75, 3.05) is 7.05 Å². The smallest absolute Gasteiger partial charge is 0.191 e. The van der Waals surface area contributed by atoms with E-state index in [-0.39, 0.29) is 18.2 Å². The lowest BCUT2D eigenvalue weighted by Crippen LogP contribution is -2.10. The van der Waals surface area contributed by atoms with E-state index in [0.29, 0.717) is 23.4 Å². The lowest BCUT2D eigenvalue weighted by molar-refractivity contribution is 0.608. The highest BCUT2D eigenvalue weighted by molar-refractivity contribution is 7.98. The van der Waals surface area contributed by atoms with E-state index in [2.05, 4.69) is 15.5 Å². The maximum Gasteiger partial charge on any atom is 0.191 e. The summed E-state index contributed by atoms with van der Waals surface area (Å²) in [4.78, 5) is 0. The number of halogens is 2. The van der Waals surface area contributed by atoms with Crippen molar-refractivity contribution in [1.82, 2.24) is 20.1 Å². The quantitative estimate of drug-likeness (QED) is 0.861. The van der Waals surface area contributed by atoms with Crippen molar-refractivity contribution in [3.8, 4) is 0 Å². The molecule has 0 saturated carbocycles. The Kier molecular flexibility index (Phi) is 6.45. The summed E-state index contributed by atoms with van der Waals surface area (Å²) < 4.78 is 15.8. The van der Waals surface area contributed by atoms with Gasteiger partial charge >= 0.3 is 0 Å². The molecule has 0 radical (unpaired) electrons.